The van der Waals surface area contributed by atoms with Gasteiger partial charge < -0.3 is 10.1 Å². The van der Waals surface area contributed by atoms with Crippen molar-refractivity contribution < 1.29 is 9.90 Å². The summed E-state index contributed by atoms with van der Waals surface area (Å²) in [7, 11) is 0. The summed E-state index contributed by atoms with van der Waals surface area (Å²) in [6, 6.07) is 5.80. The first-order valence-corrected chi connectivity index (χ1v) is 6.76. The van der Waals surface area contributed by atoms with Gasteiger partial charge in [0.25, 0.3) is 0 Å². The molecular weight excluding hydrogens is 240 g/mol. The molecule has 4 heteroatoms. The van der Waals surface area contributed by atoms with Crippen molar-refractivity contribution in [2.45, 2.75) is 44.4 Å². The van der Waals surface area contributed by atoms with Crippen molar-refractivity contribution in [2.75, 3.05) is 0 Å². The van der Waals surface area contributed by atoms with Gasteiger partial charge >= 0.3 is 5.97 Å². The summed E-state index contributed by atoms with van der Waals surface area (Å²) in [5.74, 6) is 0.583. The predicted molar refractivity (Wildman–Crippen MR) is 73.3 cm³/mol. The van der Waals surface area contributed by atoms with Crippen molar-refractivity contribution in [1.82, 2.24) is 9.97 Å². The first kappa shape index (κ1) is 12.2. The molecule has 1 aromatic heterocycles. The van der Waals surface area contributed by atoms with E-state index in [4.69, 9.17) is 0 Å². The molecule has 1 saturated carbocycles. The van der Waals surface area contributed by atoms with E-state index < -0.39 is 11.4 Å². The highest BCUT2D eigenvalue weighted by Crippen LogP contribution is 2.44. The SMILES string of the molecule is CC(C)c1nc2ccc(C3(C(=O)O)CCC3)cc2[nH]1. The van der Waals surface area contributed by atoms with Crippen LogP contribution in [0, 0.1) is 0 Å². The van der Waals surface area contributed by atoms with E-state index in [0.717, 1.165) is 41.7 Å². The molecule has 0 spiro atoms. The number of nitrogens with zero attached hydrogens (tertiary/aromatic N) is 1. The van der Waals surface area contributed by atoms with Crippen molar-refractivity contribution in [2.24, 2.45) is 0 Å². The highest BCUT2D eigenvalue weighted by Gasteiger charge is 2.45. The molecule has 0 radical (unpaired) electrons. The van der Waals surface area contributed by atoms with Gasteiger partial charge in [-0.25, -0.2) is 4.98 Å². The maximum Gasteiger partial charge on any atom is 0.314 e. The van der Waals surface area contributed by atoms with Crippen molar-refractivity contribution in [3.8, 4) is 0 Å². The number of aromatic amines is 1. The number of fused-ring (bicyclic) bond motifs is 1. The molecule has 0 amide bonds. The Hall–Kier alpha value is -1.84. The largest absolute Gasteiger partial charge is 0.481 e. The van der Waals surface area contributed by atoms with Gasteiger partial charge in [-0.2, -0.15) is 0 Å². The number of benzene rings is 1. The zero-order valence-corrected chi connectivity index (χ0v) is 11.2. The monoisotopic (exact) mass is 258 g/mol. The molecule has 3 rings (SSSR count). The molecule has 1 aromatic carbocycles. The minimum Gasteiger partial charge on any atom is -0.481 e. The molecular formula is C15H18N2O2. The lowest BCUT2D eigenvalue weighted by Crippen LogP contribution is -2.42. The van der Waals surface area contributed by atoms with E-state index in [0.29, 0.717) is 5.92 Å². The number of carboxylic acids is 1. The molecule has 2 aromatic rings. The summed E-state index contributed by atoms with van der Waals surface area (Å²) < 4.78 is 0. The fraction of sp³-hybridized carbons (Fsp3) is 0.467. The molecule has 0 atom stereocenters. The third kappa shape index (κ3) is 1.74. The quantitative estimate of drug-likeness (QED) is 0.888. The molecule has 4 nitrogen and oxygen atoms in total. The lowest BCUT2D eigenvalue weighted by Gasteiger charge is -2.38. The number of carboxylic acid groups (broad SMARTS) is 1. The summed E-state index contributed by atoms with van der Waals surface area (Å²) in [6.07, 6.45) is 2.46. The zero-order chi connectivity index (χ0) is 13.6. The highest BCUT2D eigenvalue weighted by atomic mass is 16.4. The number of H-pyrrole nitrogens is 1. The van der Waals surface area contributed by atoms with Crippen LogP contribution in [0.25, 0.3) is 11.0 Å². The third-order valence-electron chi connectivity index (χ3n) is 4.22. The van der Waals surface area contributed by atoms with Crippen molar-refractivity contribution in [1.29, 1.82) is 0 Å². The maximum absolute atomic E-state index is 11.5. The molecule has 1 aliphatic rings. The van der Waals surface area contributed by atoms with Crippen LogP contribution >= 0.6 is 0 Å². The smallest absolute Gasteiger partial charge is 0.314 e. The maximum atomic E-state index is 11.5. The average Bonchev–Trinajstić information content (AvgIpc) is 2.70. The van der Waals surface area contributed by atoms with E-state index in [-0.39, 0.29) is 0 Å². The minimum atomic E-state index is -0.707. The van der Waals surface area contributed by atoms with E-state index in [1.54, 1.807) is 0 Å². The molecule has 0 aliphatic heterocycles. The van der Waals surface area contributed by atoms with Crippen LogP contribution < -0.4 is 0 Å². The van der Waals surface area contributed by atoms with Crippen LogP contribution in [-0.2, 0) is 10.2 Å². The molecule has 100 valence electrons. The summed E-state index contributed by atoms with van der Waals surface area (Å²) in [5.41, 5.74) is 2.08. The molecule has 0 unspecified atom stereocenters. The van der Waals surface area contributed by atoms with Crippen molar-refractivity contribution >= 4 is 17.0 Å². The van der Waals surface area contributed by atoms with Crippen molar-refractivity contribution in [3.05, 3.63) is 29.6 Å². The molecule has 1 heterocycles. The fourth-order valence-electron chi connectivity index (χ4n) is 2.76. The standard InChI is InChI=1S/C15H18N2O2/c1-9(2)13-16-11-5-4-10(8-12(11)17-13)15(14(18)19)6-3-7-15/h4-5,8-9H,3,6-7H2,1-2H3,(H,16,17)(H,18,19). The van der Waals surface area contributed by atoms with Crippen LogP contribution in [0.15, 0.2) is 18.2 Å². The Kier molecular flexibility index (Phi) is 2.62. The van der Waals surface area contributed by atoms with Crippen LogP contribution in [0.4, 0.5) is 0 Å². The van der Waals surface area contributed by atoms with E-state index >= 15 is 0 Å². The second-order valence-electron chi connectivity index (χ2n) is 5.75. The molecule has 0 bridgehead atoms. The van der Waals surface area contributed by atoms with Gasteiger partial charge in [0.2, 0.25) is 0 Å². The van der Waals surface area contributed by atoms with Crippen molar-refractivity contribution in [3.63, 3.8) is 0 Å². The lowest BCUT2D eigenvalue weighted by atomic mass is 9.64. The first-order chi connectivity index (χ1) is 9.03. The second kappa shape index (κ2) is 4.08. The number of imidazole rings is 1. The van der Waals surface area contributed by atoms with Gasteiger partial charge in [0, 0.05) is 5.92 Å². The Morgan fingerprint density at radius 1 is 1.42 bits per heavy atom. The van der Waals surface area contributed by atoms with Gasteiger partial charge in [-0.05, 0) is 30.5 Å². The predicted octanol–water partition coefficient (Wildman–Crippen LogP) is 3.19. The normalized spacial score (nSPS) is 17.6. The molecule has 19 heavy (non-hydrogen) atoms. The number of aromatic nitrogens is 2. The number of aliphatic carboxylic acids is 1. The average molecular weight is 258 g/mol. The number of hydrogen-bond acceptors (Lipinski definition) is 2. The van der Waals surface area contributed by atoms with Gasteiger partial charge in [0.15, 0.2) is 0 Å². The van der Waals surface area contributed by atoms with Gasteiger partial charge in [0.1, 0.15) is 5.82 Å². The first-order valence-electron chi connectivity index (χ1n) is 6.76. The summed E-state index contributed by atoms with van der Waals surface area (Å²) in [5, 5.41) is 9.48. The topological polar surface area (TPSA) is 66.0 Å². The molecule has 0 saturated heterocycles. The van der Waals surface area contributed by atoms with Crippen LogP contribution in [0.2, 0.25) is 0 Å². The molecule has 2 N–H and O–H groups in total. The van der Waals surface area contributed by atoms with Gasteiger partial charge in [0.05, 0.1) is 16.4 Å². The van der Waals surface area contributed by atoms with Crippen LogP contribution in [-0.4, -0.2) is 21.0 Å². The third-order valence-corrected chi connectivity index (χ3v) is 4.22. The van der Waals surface area contributed by atoms with E-state index in [1.165, 1.54) is 0 Å². The number of rotatable bonds is 3. The van der Waals surface area contributed by atoms with Gasteiger partial charge in [-0.15, -0.1) is 0 Å². The van der Waals surface area contributed by atoms with Crippen LogP contribution in [0.1, 0.15) is 50.4 Å². The summed E-state index contributed by atoms with van der Waals surface area (Å²) in [6.45, 7) is 4.17. The minimum absolute atomic E-state index is 0.341. The Morgan fingerprint density at radius 2 is 2.16 bits per heavy atom. The molecule has 1 fully saturated rings. The fourth-order valence-corrected chi connectivity index (χ4v) is 2.76. The van der Waals surface area contributed by atoms with E-state index in [2.05, 4.69) is 23.8 Å². The summed E-state index contributed by atoms with van der Waals surface area (Å²) in [4.78, 5) is 19.3. The Morgan fingerprint density at radius 3 is 2.68 bits per heavy atom. The number of carbonyl (C=O) groups is 1. The Bertz CT molecular complexity index is 639. The Balaban J connectivity index is 2.08. The number of nitrogens with one attached hydrogen (secondary N) is 1. The van der Waals surface area contributed by atoms with Crippen LogP contribution in [0.5, 0.6) is 0 Å². The van der Waals surface area contributed by atoms with Crippen LogP contribution in [0.3, 0.4) is 0 Å². The van der Waals surface area contributed by atoms with Gasteiger partial charge in [-0.3, -0.25) is 4.79 Å². The van der Waals surface area contributed by atoms with E-state index in [1.807, 2.05) is 18.2 Å². The Labute approximate surface area is 111 Å². The lowest BCUT2D eigenvalue weighted by molar-refractivity contribution is -0.147. The van der Waals surface area contributed by atoms with E-state index in [9.17, 15) is 9.90 Å². The molecule has 1 aliphatic carbocycles. The highest BCUT2D eigenvalue weighted by molar-refractivity contribution is 5.85. The van der Waals surface area contributed by atoms with Gasteiger partial charge in [-0.1, -0.05) is 26.3 Å². The second-order valence-corrected chi connectivity index (χ2v) is 5.75. The zero-order valence-electron chi connectivity index (χ0n) is 11.2. The number of hydrogen-bond donors (Lipinski definition) is 2. The summed E-state index contributed by atoms with van der Waals surface area (Å²) >= 11 is 0.